The first kappa shape index (κ1) is 10.4. The Morgan fingerprint density at radius 1 is 1.83 bits per heavy atom. The van der Waals surface area contributed by atoms with Crippen LogP contribution in [0.4, 0.5) is 0 Å². The van der Waals surface area contributed by atoms with E-state index in [1.807, 2.05) is 0 Å². The van der Waals surface area contributed by atoms with Gasteiger partial charge in [-0.1, -0.05) is 0 Å². The van der Waals surface area contributed by atoms with E-state index in [-0.39, 0.29) is 63.0 Å². The van der Waals surface area contributed by atoms with Crippen LogP contribution in [0.15, 0.2) is 0 Å². The van der Waals surface area contributed by atoms with Crippen molar-refractivity contribution in [3.05, 3.63) is 0 Å². The van der Waals surface area contributed by atoms with E-state index in [1.165, 1.54) is 0 Å². The second-order valence-electron chi connectivity index (χ2n) is 0.624. The number of carbonyl (C=O) groups is 1. The molecule has 0 unspecified atom stereocenters. The molecule has 1 amide bonds. The van der Waals surface area contributed by atoms with Gasteiger partial charge >= 0.3 is 51.4 Å². The predicted octanol–water partition coefficient (Wildman–Crippen LogP) is -1.25. The summed E-state index contributed by atoms with van der Waals surface area (Å²) in [6.45, 7) is 0. The van der Waals surface area contributed by atoms with E-state index in [0.717, 1.165) is 0 Å². The van der Waals surface area contributed by atoms with E-state index in [0.29, 0.717) is 0 Å². The molecule has 0 saturated heterocycles. The first-order valence-electron chi connectivity index (χ1n) is 1.16. The van der Waals surface area contributed by atoms with E-state index < -0.39 is 0 Å². The van der Waals surface area contributed by atoms with Crippen LogP contribution in [0, 0.1) is 0 Å². The molecule has 6 heavy (non-hydrogen) atoms. The van der Waals surface area contributed by atoms with Gasteiger partial charge in [-0.3, -0.25) is 4.79 Å². The molecule has 4 heteroatoms. The monoisotopic (exact) mass is 131 g/mol. The summed E-state index contributed by atoms with van der Waals surface area (Å²) in [5.41, 5.74) is 4.58. The Balaban J connectivity index is 0. The number of rotatable bonds is 1. The zero-order valence-corrected chi connectivity index (χ0v) is 3.53. The van der Waals surface area contributed by atoms with Gasteiger partial charge < -0.3 is 5.73 Å². The summed E-state index contributed by atoms with van der Waals surface area (Å²) in [5.74, 6) is -0.242. The van der Waals surface area contributed by atoms with Crippen molar-refractivity contribution >= 4 is 69.9 Å². The van der Waals surface area contributed by atoms with E-state index in [1.54, 1.807) is 0 Å². The third kappa shape index (κ3) is 9.07. The molecule has 0 aliphatic rings. The summed E-state index contributed by atoms with van der Waals surface area (Å²) >= 11 is 3.54. The average molecular weight is 131 g/mol. The number of hydrogen-bond donors (Lipinski definition) is 2. The van der Waals surface area contributed by atoms with Gasteiger partial charge in [0.05, 0.1) is 5.75 Å². The Morgan fingerprint density at radius 2 is 2.00 bits per heavy atom. The molecule has 0 radical (unpaired) electrons. The van der Waals surface area contributed by atoms with Crippen molar-refractivity contribution in [3.63, 3.8) is 0 Å². The molecule has 0 aliphatic carbocycles. The van der Waals surface area contributed by atoms with Crippen molar-refractivity contribution in [2.24, 2.45) is 5.73 Å². The number of thiol groups is 1. The van der Waals surface area contributed by atoms with Crippen molar-refractivity contribution in [1.29, 1.82) is 0 Å². The molecule has 0 aliphatic heterocycles. The van der Waals surface area contributed by atoms with Crippen LogP contribution < -0.4 is 5.73 Å². The van der Waals surface area contributed by atoms with Crippen LogP contribution >= 0.6 is 12.6 Å². The fourth-order valence-electron chi connectivity index (χ4n) is 0. The van der Waals surface area contributed by atoms with Crippen LogP contribution in [-0.2, 0) is 4.79 Å². The van der Waals surface area contributed by atoms with Gasteiger partial charge in [0.25, 0.3) is 0 Å². The van der Waals surface area contributed by atoms with Crippen molar-refractivity contribution in [1.82, 2.24) is 0 Å². The van der Waals surface area contributed by atoms with E-state index in [9.17, 15) is 4.79 Å². The molecule has 0 spiro atoms. The molecule has 0 saturated carbocycles. The topological polar surface area (TPSA) is 43.1 Å². The minimum absolute atomic E-state index is 0. The Hall–Kier alpha value is 1.46. The summed E-state index contributed by atoms with van der Waals surface area (Å²) < 4.78 is 0. The van der Waals surface area contributed by atoms with Crippen LogP contribution in [-0.4, -0.2) is 63.0 Å². The number of nitrogens with two attached hydrogens (primary N) is 1. The standard InChI is InChI=1S/C2H5NOS.K.H/c3-2(4)1-5;;/h5H,1H2,(H2,3,4);;. The summed E-state index contributed by atoms with van der Waals surface area (Å²) in [4.78, 5) is 9.51. The van der Waals surface area contributed by atoms with Crippen LogP contribution in [0.5, 0.6) is 0 Å². The van der Waals surface area contributed by atoms with Crippen molar-refractivity contribution < 1.29 is 4.79 Å². The quantitative estimate of drug-likeness (QED) is 0.339. The van der Waals surface area contributed by atoms with E-state index in [4.69, 9.17) is 0 Å². The van der Waals surface area contributed by atoms with Crippen molar-refractivity contribution in [2.45, 2.75) is 0 Å². The van der Waals surface area contributed by atoms with Crippen LogP contribution in [0.1, 0.15) is 0 Å². The second-order valence-corrected chi connectivity index (χ2v) is 0.941. The summed E-state index contributed by atoms with van der Waals surface area (Å²) in [5, 5.41) is 0. The van der Waals surface area contributed by atoms with Gasteiger partial charge in [-0.15, -0.1) is 0 Å². The van der Waals surface area contributed by atoms with Crippen molar-refractivity contribution in [2.75, 3.05) is 5.75 Å². The molecule has 0 bridgehead atoms. The molecule has 0 aromatic heterocycles. The third-order valence-corrected chi connectivity index (χ3v) is 0.468. The molecular weight excluding hydrogens is 125 g/mol. The first-order chi connectivity index (χ1) is 2.27. The average Bonchev–Trinajstić information content (AvgIpc) is 1.38. The summed E-state index contributed by atoms with van der Waals surface area (Å²) in [6, 6.07) is 0. The fourth-order valence-corrected chi connectivity index (χ4v) is 0. The van der Waals surface area contributed by atoms with Gasteiger partial charge in [0.1, 0.15) is 0 Å². The van der Waals surface area contributed by atoms with Gasteiger partial charge in [0, 0.05) is 0 Å². The fraction of sp³-hybridized carbons (Fsp3) is 0.500. The Labute approximate surface area is 84.7 Å². The Morgan fingerprint density at radius 3 is 2.00 bits per heavy atom. The molecule has 0 aromatic rings. The minimum atomic E-state index is -0.381. The van der Waals surface area contributed by atoms with Gasteiger partial charge in [0.15, 0.2) is 0 Å². The number of primary amides is 1. The number of amides is 1. The number of carbonyl (C=O) groups excluding carboxylic acids is 1. The molecule has 2 N–H and O–H groups in total. The van der Waals surface area contributed by atoms with Gasteiger partial charge in [-0.2, -0.15) is 12.6 Å². The van der Waals surface area contributed by atoms with Gasteiger partial charge in [-0.25, -0.2) is 0 Å². The normalized spacial score (nSPS) is 6.17. The van der Waals surface area contributed by atoms with E-state index in [2.05, 4.69) is 18.4 Å². The Kier molecular flexibility index (Phi) is 11.2. The Bertz CT molecular complexity index is 48.8. The maximum absolute atomic E-state index is 9.51. The first-order valence-corrected chi connectivity index (χ1v) is 1.80. The molecule has 0 fully saturated rings. The van der Waals surface area contributed by atoms with E-state index >= 15 is 0 Å². The molecule has 0 aromatic carbocycles. The molecule has 2 nitrogen and oxygen atoms in total. The predicted molar refractivity (Wildman–Crippen MR) is 30.2 cm³/mol. The zero-order chi connectivity index (χ0) is 4.28. The molecule has 0 atom stereocenters. The van der Waals surface area contributed by atoms with Crippen LogP contribution in [0.2, 0.25) is 0 Å². The third-order valence-electron chi connectivity index (χ3n) is 0.156. The van der Waals surface area contributed by atoms with Crippen LogP contribution in [0.25, 0.3) is 0 Å². The van der Waals surface area contributed by atoms with Crippen molar-refractivity contribution in [3.8, 4) is 0 Å². The SMILES string of the molecule is NC(=O)CS.[KH]. The molecular formula is C2H6KNOS. The molecule has 32 valence electrons. The second kappa shape index (κ2) is 6.46. The molecule has 0 rings (SSSR count). The number of hydrogen-bond acceptors (Lipinski definition) is 2. The summed E-state index contributed by atoms with van der Waals surface area (Å²) in [7, 11) is 0. The summed E-state index contributed by atoms with van der Waals surface area (Å²) in [6.07, 6.45) is 0. The van der Waals surface area contributed by atoms with Crippen LogP contribution in [0.3, 0.4) is 0 Å². The maximum atomic E-state index is 9.51. The zero-order valence-electron chi connectivity index (χ0n) is 2.64. The molecule has 0 heterocycles. The van der Waals surface area contributed by atoms with Gasteiger partial charge in [-0.05, 0) is 0 Å². The van der Waals surface area contributed by atoms with Gasteiger partial charge in [0.2, 0.25) is 5.91 Å².